The molecule has 0 aromatic heterocycles. The number of carbonyl (C=O) groups excluding carboxylic acids is 2. The molecule has 40 heavy (non-hydrogen) atoms. The minimum absolute atomic E-state index is 0.000737. The molecule has 3 aromatic carbocycles. The van der Waals surface area contributed by atoms with Gasteiger partial charge < -0.3 is 10.2 Å². The maximum atomic E-state index is 13.9. The Labute approximate surface area is 238 Å². The first-order valence-corrected chi connectivity index (χ1v) is 14.4. The minimum Gasteiger partial charge on any atom is -0.352 e. The van der Waals surface area contributed by atoms with Gasteiger partial charge in [0.1, 0.15) is 12.6 Å². The summed E-state index contributed by atoms with van der Waals surface area (Å²) in [5, 5.41) is 14.8. The van der Waals surface area contributed by atoms with Gasteiger partial charge in [0.05, 0.1) is 15.5 Å². The third kappa shape index (κ3) is 7.57. The zero-order valence-corrected chi connectivity index (χ0v) is 23.9. The molecule has 1 N–H and O–H groups in total. The highest BCUT2D eigenvalue weighted by molar-refractivity contribution is 7.92. The molecule has 0 fully saturated rings. The molecule has 0 aliphatic heterocycles. The lowest BCUT2D eigenvalue weighted by molar-refractivity contribution is -0.384. The van der Waals surface area contributed by atoms with Crippen molar-refractivity contribution in [3.05, 3.63) is 99.6 Å². The first kappa shape index (κ1) is 30.6. The van der Waals surface area contributed by atoms with Gasteiger partial charge in [-0.2, -0.15) is 0 Å². The van der Waals surface area contributed by atoms with Gasteiger partial charge in [-0.25, -0.2) is 8.42 Å². The van der Waals surface area contributed by atoms with Crippen LogP contribution in [-0.4, -0.2) is 48.7 Å². The number of amides is 2. The standard InChI is InChI=1S/C28H31ClN4O6S/c1-4-20(2)30-28(35)21(3)31(18-22-13-15-23(29)16-14-22)27(34)19-32(24-9-8-10-25(17-24)33(36)37)40(38,39)26-11-6-5-7-12-26/h5-17,20-21H,4,18-19H2,1-3H3,(H,30,35)/t20-,21+/m1/s1. The van der Waals surface area contributed by atoms with Gasteiger partial charge in [0.2, 0.25) is 11.8 Å². The summed E-state index contributed by atoms with van der Waals surface area (Å²) >= 11 is 6.01. The molecular weight excluding hydrogens is 556 g/mol. The molecule has 0 heterocycles. The largest absolute Gasteiger partial charge is 0.352 e. The number of hydrogen-bond donors (Lipinski definition) is 1. The molecule has 10 nitrogen and oxygen atoms in total. The minimum atomic E-state index is -4.33. The normalized spacial score (nSPS) is 12.7. The topological polar surface area (TPSA) is 130 Å². The average Bonchev–Trinajstić information content (AvgIpc) is 2.95. The highest BCUT2D eigenvalue weighted by Gasteiger charge is 2.33. The van der Waals surface area contributed by atoms with Crippen molar-refractivity contribution in [2.45, 2.75) is 50.7 Å². The van der Waals surface area contributed by atoms with Gasteiger partial charge in [-0.15, -0.1) is 0 Å². The molecular formula is C28H31ClN4O6S. The molecule has 212 valence electrons. The van der Waals surface area contributed by atoms with Crippen molar-refractivity contribution in [3.63, 3.8) is 0 Å². The van der Waals surface area contributed by atoms with Crippen LogP contribution in [0.4, 0.5) is 11.4 Å². The predicted octanol–water partition coefficient (Wildman–Crippen LogP) is 4.78. The molecule has 0 aliphatic rings. The highest BCUT2D eigenvalue weighted by atomic mass is 35.5. The van der Waals surface area contributed by atoms with E-state index in [9.17, 15) is 28.1 Å². The lowest BCUT2D eigenvalue weighted by Crippen LogP contribution is -2.52. The molecule has 0 saturated carbocycles. The number of sulfonamides is 1. The molecule has 0 unspecified atom stereocenters. The zero-order chi connectivity index (χ0) is 29.4. The molecule has 0 spiro atoms. The van der Waals surface area contributed by atoms with Gasteiger partial charge in [0, 0.05) is 29.7 Å². The predicted molar refractivity (Wildman–Crippen MR) is 153 cm³/mol. The molecule has 0 bridgehead atoms. The van der Waals surface area contributed by atoms with Gasteiger partial charge in [0.15, 0.2) is 0 Å². The molecule has 0 saturated heterocycles. The molecule has 3 aromatic rings. The van der Waals surface area contributed by atoms with Crippen LogP contribution in [0, 0.1) is 10.1 Å². The van der Waals surface area contributed by atoms with E-state index in [1.807, 2.05) is 13.8 Å². The molecule has 2 atom stereocenters. The van der Waals surface area contributed by atoms with E-state index in [1.165, 1.54) is 47.4 Å². The summed E-state index contributed by atoms with van der Waals surface area (Å²) in [5.41, 5.74) is 0.279. The van der Waals surface area contributed by atoms with Crippen LogP contribution in [0.1, 0.15) is 32.8 Å². The smallest absolute Gasteiger partial charge is 0.271 e. The van der Waals surface area contributed by atoms with E-state index >= 15 is 0 Å². The summed E-state index contributed by atoms with van der Waals surface area (Å²) < 4.78 is 28.3. The zero-order valence-electron chi connectivity index (χ0n) is 22.4. The Morgan fingerprint density at radius 1 is 1.00 bits per heavy atom. The maximum Gasteiger partial charge on any atom is 0.271 e. The Morgan fingerprint density at radius 2 is 1.65 bits per heavy atom. The summed E-state index contributed by atoms with van der Waals surface area (Å²) in [4.78, 5) is 38.9. The Kier molecular flexibility index (Phi) is 10.2. The van der Waals surface area contributed by atoms with E-state index in [1.54, 1.807) is 37.3 Å². The van der Waals surface area contributed by atoms with Crippen LogP contribution in [0.2, 0.25) is 5.02 Å². The molecule has 2 amide bonds. The first-order chi connectivity index (χ1) is 18.9. The number of nitro groups is 1. The van der Waals surface area contributed by atoms with Crippen LogP contribution in [0.3, 0.4) is 0 Å². The van der Waals surface area contributed by atoms with Crippen LogP contribution < -0.4 is 9.62 Å². The van der Waals surface area contributed by atoms with E-state index in [0.717, 1.165) is 10.4 Å². The van der Waals surface area contributed by atoms with Gasteiger partial charge in [-0.05, 0) is 56.2 Å². The van der Waals surface area contributed by atoms with Crippen molar-refractivity contribution < 1.29 is 22.9 Å². The number of halogens is 1. The van der Waals surface area contributed by atoms with Crippen molar-refractivity contribution >= 4 is 44.8 Å². The van der Waals surface area contributed by atoms with Crippen molar-refractivity contribution in [2.75, 3.05) is 10.8 Å². The summed E-state index contributed by atoms with van der Waals surface area (Å²) in [6, 6.07) is 18.1. The number of non-ortho nitro benzene ring substituents is 1. The van der Waals surface area contributed by atoms with E-state index < -0.39 is 39.3 Å². The summed E-state index contributed by atoms with van der Waals surface area (Å²) in [6.07, 6.45) is 0.680. The Hall–Kier alpha value is -3.96. The van der Waals surface area contributed by atoms with Gasteiger partial charge in [-0.3, -0.25) is 24.0 Å². The number of hydrogen-bond acceptors (Lipinski definition) is 6. The van der Waals surface area contributed by atoms with Crippen LogP contribution in [0.5, 0.6) is 0 Å². The second-order valence-corrected chi connectivity index (χ2v) is 11.5. The first-order valence-electron chi connectivity index (χ1n) is 12.6. The average molecular weight is 587 g/mol. The fourth-order valence-electron chi connectivity index (χ4n) is 3.84. The van der Waals surface area contributed by atoms with Crippen molar-refractivity contribution in [3.8, 4) is 0 Å². The van der Waals surface area contributed by atoms with Crippen LogP contribution in [-0.2, 0) is 26.2 Å². The van der Waals surface area contributed by atoms with Crippen LogP contribution >= 0.6 is 11.6 Å². The van der Waals surface area contributed by atoms with E-state index in [0.29, 0.717) is 17.0 Å². The quantitative estimate of drug-likeness (QED) is 0.240. The van der Waals surface area contributed by atoms with Gasteiger partial charge in [0.25, 0.3) is 15.7 Å². The fourth-order valence-corrected chi connectivity index (χ4v) is 5.40. The van der Waals surface area contributed by atoms with E-state index in [4.69, 9.17) is 11.6 Å². The van der Waals surface area contributed by atoms with E-state index in [-0.39, 0.29) is 28.9 Å². The Balaban J connectivity index is 2.05. The molecule has 0 aliphatic carbocycles. The van der Waals surface area contributed by atoms with Crippen LogP contribution in [0.25, 0.3) is 0 Å². The van der Waals surface area contributed by atoms with Crippen molar-refractivity contribution in [2.24, 2.45) is 0 Å². The number of benzene rings is 3. The summed E-state index contributed by atoms with van der Waals surface area (Å²) in [7, 11) is -4.33. The van der Waals surface area contributed by atoms with Crippen molar-refractivity contribution in [1.29, 1.82) is 0 Å². The maximum absolute atomic E-state index is 13.9. The second kappa shape index (κ2) is 13.4. The monoisotopic (exact) mass is 586 g/mol. The number of nitrogens with one attached hydrogen (secondary N) is 1. The van der Waals surface area contributed by atoms with Gasteiger partial charge in [-0.1, -0.05) is 54.9 Å². The van der Waals surface area contributed by atoms with E-state index in [2.05, 4.69) is 5.32 Å². The number of anilines is 1. The SMILES string of the molecule is CC[C@@H](C)NC(=O)[C@H](C)N(Cc1ccc(Cl)cc1)C(=O)CN(c1cccc([N+](=O)[O-])c1)S(=O)(=O)c1ccccc1. The lowest BCUT2D eigenvalue weighted by Gasteiger charge is -2.32. The summed E-state index contributed by atoms with van der Waals surface area (Å²) in [5.74, 6) is -1.07. The molecule has 3 rings (SSSR count). The third-order valence-corrected chi connectivity index (χ3v) is 8.41. The third-order valence-electron chi connectivity index (χ3n) is 6.37. The van der Waals surface area contributed by atoms with Gasteiger partial charge >= 0.3 is 0 Å². The lowest BCUT2D eigenvalue weighted by atomic mass is 10.1. The number of carbonyl (C=O) groups is 2. The van der Waals surface area contributed by atoms with Crippen molar-refractivity contribution in [1.82, 2.24) is 10.2 Å². The number of nitrogens with zero attached hydrogens (tertiary/aromatic N) is 3. The number of nitro benzene ring substituents is 1. The molecule has 0 radical (unpaired) electrons. The number of rotatable bonds is 12. The molecule has 12 heteroatoms. The second-order valence-electron chi connectivity index (χ2n) is 9.24. The highest BCUT2D eigenvalue weighted by Crippen LogP contribution is 2.27. The summed E-state index contributed by atoms with van der Waals surface area (Å²) in [6.45, 7) is 4.62. The Bertz CT molecular complexity index is 1450. The fraction of sp³-hybridized carbons (Fsp3) is 0.286. The van der Waals surface area contributed by atoms with Crippen LogP contribution in [0.15, 0.2) is 83.8 Å². The Morgan fingerprint density at radius 3 is 2.25 bits per heavy atom.